The summed E-state index contributed by atoms with van der Waals surface area (Å²) >= 11 is 0. The zero-order valence-electron chi connectivity index (χ0n) is 13.7. The first-order chi connectivity index (χ1) is 10.5. The number of likely N-dealkylation sites (tertiary alicyclic amines) is 1. The van der Waals surface area contributed by atoms with Gasteiger partial charge in [0.2, 0.25) is 0 Å². The maximum Gasteiger partial charge on any atom is 0.317 e. The maximum atomic E-state index is 12.2. The van der Waals surface area contributed by atoms with Gasteiger partial charge in [-0.15, -0.1) is 0 Å². The minimum Gasteiger partial charge on any atom is -0.391 e. The molecule has 0 bridgehead atoms. The van der Waals surface area contributed by atoms with Gasteiger partial charge in [-0.2, -0.15) is 0 Å². The number of hydrogen-bond acceptors (Lipinski definition) is 3. The summed E-state index contributed by atoms with van der Waals surface area (Å²) in [6.07, 6.45) is 1.26. The number of hydrogen-bond donors (Lipinski definition) is 2. The van der Waals surface area contributed by atoms with Crippen molar-refractivity contribution in [3.8, 4) is 0 Å². The summed E-state index contributed by atoms with van der Waals surface area (Å²) in [5, 5.41) is 12.7. The van der Waals surface area contributed by atoms with Gasteiger partial charge in [-0.25, -0.2) is 4.79 Å². The molecule has 0 radical (unpaired) electrons. The first-order valence-corrected chi connectivity index (χ1v) is 7.91. The van der Waals surface area contributed by atoms with E-state index < -0.39 is 0 Å². The van der Waals surface area contributed by atoms with Crippen LogP contribution in [0.2, 0.25) is 0 Å². The highest BCUT2D eigenvalue weighted by Crippen LogP contribution is 2.18. The number of aryl methyl sites for hydroxylation is 1. The molecular weight excluding hydrogens is 278 g/mol. The van der Waals surface area contributed by atoms with Crippen LogP contribution in [0, 0.1) is 6.92 Å². The molecule has 2 unspecified atom stereocenters. The monoisotopic (exact) mass is 305 g/mol. The van der Waals surface area contributed by atoms with Crippen LogP contribution in [0.5, 0.6) is 0 Å². The molecule has 1 aromatic rings. The van der Waals surface area contributed by atoms with Crippen LogP contribution in [-0.4, -0.2) is 60.8 Å². The lowest BCUT2D eigenvalue weighted by Gasteiger charge is -2.31. The number of urea groups is 1. The number of nitrogens with zero attached hydrogens (tertiary/aromatic N) is 2. The number of rotatable bonds is 4. The standard InChI is InChI=1S/C17H27N3O2/c1-13-6-8-14(9-7-13)16(19(2)3)11-18-17(22)20-10-4-5-15(21)12-20/h6-9,15-16,21H,4-5,10-12H2,1-3H3,(H,18,22). The summed E-state index contributed by atoms with van der Waals surface area (Å²) in [6, 6.07) is 8.45. The molecule has 1 saturated heterocycles. The fourth-order valence-electron chi connectivity index (χ4n) is 2.82. The topological polar surface area (TPSA) is 55.8 Å². The van der Waals surface area contributed by atoms with Crippen molar-refractivity contribution in [3.63, 3.8) is 0 Å². The molecular formula is C17H27N3O2. The second-order valence-corrected chi connectivity index (χ2v) is 6.32. The smallest absolute Gasteiger partial charge is 0.317 e. The quantitative estimate of drug-likeness (QED) is 0.891. The number of nitrogens with one attached hydrogen (secondary N) is 1. The van der Waals surface area contributed by atoms with Crippen molar-refractivity contribution in [2.75, 3.05) is 33.7 Å². The Morgan fingerprint density at radius 1 is 1.41 bits per heavy atom. The summed E-state index contributed by atoms with van der Waals surface area (Å²) in [4.78, 5) is 16.1. The zero-order valence-corrected chi connectivity index (χ0v) is 13.7. The van der Waals surface area contributed by atoms with Crippen molar-refractivity contribution < 1.29 is 9.90 Å². The van der Waals surface area contributed by atoms with Crippen LogP contribution in [0.3, 0.4) is 0 Å². The molecule has 1 heterocycles. The van der Waals surface area contributed by atoms with Crippen molar-refractivity contribution in [1.29, 1.82) is 0 Å². The number of carbonyl (C=O) groups is 1. The molecule has 1 aliphatic heterocycles. The summed E-state index contributed by atoms with van der Waals surface area (Å²) in [5.41, 5.74) is 2.42. The molecule has 5 heteroatoms. The van der Waals surface area contributed by atoms with Gasteiger partial charge in [-0.1, -0.05) is 29.8 Å². The van der Waals surface area contributed by atoms with Crippen molar-refractivity contribution in [2.45, 2.75) is 31.9 Å². The average Bonchev–Trinajstić information content (AvgIpc) is 2.48. The predicted octanol–water partition coefficient (Wildman–Crippen LogP) is 1.76. The maximum absolute atomic E-state index is 12.2. The highest BCUT2D eigenvalue weighted by Gasteiger charge is 2.23. The number of benzene rings is 1. The third-order valence-electron chi connectivity index (χ3n) is 4.22. The SMILES string of the molecule is Cc1ccc(C(CNC(=O)N2CCCC(O)C2)N(C)C)cc1. The normalized spacial score (nSPS) is 20.0. The first kappa shape index (κ1) is 16.8. The lowest BCUT2D eigenvalue weighted by atomic mass is 10.0. The molecule has 0 saturated carbocycles. The van der Waals surface area contributed by atoms with E-state index in [1.54, 1.807) is 4.90 Å². The molecule has 5 nitrogen and oxygen atoms in total. The Morgan fingerprint density at radius 2 is 2.09 bits per heavy atom. The van der Waals surface area contributed by atoms with Gasteiger partial charge in [0.15, 0.2) is 0 Å². The molecule has 1 aromatic carbocycles. The fourth-order valence-corrected chi connectivity index (χ4v) is 2.82. The van der Waals surface area contributed by atoms with Crippen LogP contribution in [-0.2, 0) is 0 Å². The second kappa shape index (κ2) is 7.61. The Bertz CT molecular complexity index is 487. The van der Waals surface area contributed by atoms with E-state index in [2.05, 4.69) is 41.4 Å². The zero-order chi connectivity index (χ0) is 16.1. The van der Waals surface area contributed by atoms with E-state index in [4.69, 9.17) is 0 Å². The highest BCUT2D eigenvalue weighted by molar-refractivity contribution is 5.74. The van der Waals surface area contributed by atoms with E-state index in [0.29, 0.717) is 13.1 Å². The van der Waals surface area contributed by atoms with Crippen molar-refractivity contribution >= 4 is 6.03 Å². The number of aliphatic hydroxyl groups is 1. The number of amides is 2. The van der Waals surface area contributed by atoms with Gasteiger partial charge in [0.05, 0.1) is 12.1 Å². The largest absolute Gasteiger partial charge is 0.391 e. The summed E-state index contributed by atoms with van der Waals surface area (Å²) in [7, 11) is 4.03. The molecule has 0 aliphatic carbocycles. The summed E-state index contributed by atoms with van der Waals surface area (Å²) in [6.45, 7) is 3.78. The fraction of sp³-hybridized carbons (Fsp3) is 0.588. The van der Waals surface area contributed by atoms with Crippen LogP contribution < -0.4 is 5.32 Å². The van der Waals surface area contributed by atoms with E-state index in [-0.39, 0.29) is 18.2 Å². The number of carbonyl (C=O) groups excluding carboxylic acids is 1. The Labute approximate surface area is 132 Å². The number of likely N-dealkylation sites (N-methyl/N-ethyl adjacent to an activating group) is 1. The lowest BCUT2D eigenvalue weighted by Crippen LogP contribution is -2.48. The van der Waals surface area contributed by atoms with E-state index in [0.717, 1.165) is 19.4 Å². The molecule has 1 aliphatic rings. The Morgan fingerprint density at radius 3 is 2.68 bits per heavy atom. The van der Waals surface area contributed by atoms with Gasteiger partial charge in [-0.3, -0.25) is 0 Å². The van der Waals surface area contributed by atoms with Gasteiger partial charge in [0.1, 0.15) is 0 Å². The van der Waals surface area contributed by atoms with E-state index in [1.807, 2.05) is 14.1 Å². The lowest BCUT2D eigenvalue weighted by molar-refractivity contribution is 0.0836. The molecule has 22 heavy (non-hydrogen) atoms. The van der Waals surface area contributed by atoms with Gasteiger partial charge in [0, 0.05) is 19.6 Å². The molecule has 2 amide bonds. The van der Waals surface area contributed by atoms with E-state index in [9.17, 15) is 9.90 Å². The van der Waals surface area contributed by atoms with Gasteiger partial charge >= 0.3 is 6.03 Å². The van der Waals surface area contributed by atoms with Crippen molar-refractivity contribution in [3.05, 3.63) is 35.4 Å². The highest BCUT2D eigenvalue weighted by atomic mass is 16.3. The minimum absolute atomic E-state index is 0.0855. The van der Waals surface area contributed by atoms with E-state index >= 15 is 0 Å². The van der Waals surface area contributed by atoms with Crippen LogP contribution in [0.4, 0.5) is 4.79 Å². The van der Waals surface area contributed by atoms with Crippen LogP contribution in [0.1, 0.15) is 30.0 Å². The van der Waals surface area contributed by atoms with E-state index in [1.165, 1.54) is 11.1 Å². The third kappa shape index (κ3) is 4.45. The number of β-amino-alcohol motifs (C(OH)–C–C–N with tert-alkyl or cyclic N) is 1. The Balaban J connectivity index is 1.94. The molecule has 1 fully saturated rings. The Kier molecular flexibility index (Phi) is 5.80. The average molecular weight is 305 g/mol. The third-order valence-corrected chi connectivity index (χ3v) is 4.22. The molecule has 2 rings (SSSR count). The van der Waals surface area contributed by atoms with Crippen LogP contribution >= 0.6 is 0 Å². The van der Waals surface area contributed by atoms with Gasteiger partial charge < -0.3 is 20.2 Å². The van der Waals surface area contributed by atoms with Crippen LogP contribution in [0.25, 0.3) is 0 Å². The summed E-state index contributed by atoms with van der Waals surface area (Å²) in [5.74, 6) is 0. The number of piperidine rings is 1. The number of aliphatic hydroxyl groups excluding tert-OH is 1. The van der Waals surface area contributed by atoms with Crippen molar-refractivity contribution in [2.24, 2.45) is 0 Å². The predicted molar refractivity (Wildman–Crippen MR) is 87.8 cm³/mol. The molecule has 122 valence electrons. The van der Waals surface area contributed by atoms with Crippen LogP contribution in [0.15, 0.2) is 24.3 Å². The van der Waals surface area contributed by atoms with Gasteiger partial charge in [-0.05, 0) is 39.4 Å². The van der Waals surface area contributed by atoms with Crippen molar-refractivity contribution in [1.82, 2.24) is 15.1 Å². The first-order valence-electron chi connectivity index (χ1n) is 7.91. The summed E-state index contributed by atoms with van der Waals surface area (Å²) < 4.78 is 0. The molecule has 2 atom stereocenters. The minimum atomic E-state index is -0.388. The molecule has 0 spiro atoms. The molecule has 2 N–H and O–H groups in total. The van der Waals surface area contributed by atoms with Gasteiger partial charge in [0.25, 0.3) is 0 Å². The second-order valence-electron chi connectivity index (χ2n) is 6.32. The Hall–Kier alpha value is -1.59. The molecule has 0 aromatic heterocycles.